The zero-order valence-electron chi connectivity index (χ0n) is 10.6. The Morgan fingerprint density at radius 1 is 1.19 bits per heavy atom. The van der Waals surface area contributed by atoms with E-state index < -0.39 is 18.2 Å². The largest absolute Gasteiger partial charge is 0.482 e. The van der Waals surface area contributed by atoms with E-state index in [4.69, 9.17) is 27.9 Å². The molecule has 0 aliphatic carbocycles. The van der Waals surface area contributed by atoms with Gasteiger partial charge in [-0.05, 0) is 36.4 Å². The van der Waals surface area contributed by atoms with Crippen LogP contribution in [-0.2, 0) is 0 Å². The molecule has 0 atom stereocenters. The predicted octanol–water partition coefficient (Wildman–Crippen LogP) is 4.21. The molecule has 0 heterocycles. The molecule has 0 radical (unpaired) electrons. The number of halogens is 3. The van der Waals surface area contributed by atoms with Crippen molar-refractivity contribution in [3.05, 3.63) is 63.4 Å². The molecule has 0 amide bonds. The second-order valence-electron chi connectivity index (χ2n) is 4.14. The first-order valence-electron chi connectivity index (χ1n) is 5.87. The van der Waals surface area contributed by atoms with Crippen molar-refractivity contribution >= 4 is 35.3 Å². The molecule has 108 valence electrons. The smallest absolute Gasteiger partial charge is 0.201 e. The van der Waals surface area contributed by atoms with Gasteiger partial charge in [0.1, 0.15) is 6.29 Å². The number of ketones is 1. The highest BCUT2D eigenvalue weighted by Crippen LogP contribution is 2.22. The second kappa shape index (κ2) is 6.70. The maximum Gasteiger partial charge on any atom is 0.201 e. The molecule has 0 aliphatic heterocycles. The van der Waals surface area contributed by atoms with Gasteiger partial charge >= 0.3 is 0 Å². The van der Waals surface area contributed by atoms with Gasteiger partial charge in [-0.25, -0.2) is 4.39 Å². The summed E-state index contributed by atoms with van der Waals surface area (Å²) in [5.74, 6) is -1.27. The summed E-state index contributed by atoms with van der Waals surface area (Å²) in [4.78, 5) is 22.5. The van der Waals surface area contributed by atoms with Crippen LogP contribution < -0.4 is 4.74 Å². The number of hydrogen-bond acceptors (Lipinski definition) is 3. The Kier molecular flexibility index (Phi) is 4.94. The lowest BCUT2D eigenvalue weighted by Crippen LogP contribution is -2.13. The average molecular weight is 327 g/mol. The number of aldehydes is 1. The summed E-state index contributed by atoms with van der Waals surface area (Å²) >= 11 is 11.7. The van der Waals surface area contributed by atoms with Gasteiger partial charge in [0.25, 0.3) is 0 Å². The molecule has 0 saturated heterocycles. The van der Waals surface area contributed by atoms with Crippen molar-refractivity contribution in [1.29, 1.82) is 0 Å². The molecule has 6 heteroatoms. The SMILES string of the molecule is O=Cc1ccc(OCC(=O)c2cc(Cl)ccc2Cl)c(F)c1. The van der Waals surface area contributed by atoms with Crippen molar-refractivity contribution in [2.75, 3.05) is 6.61 Å². The zero-order valence-corrected chi connectivity index (χ0v) is 12.1. The minimum Gasteiger partial charge on any atom is -0.482 e. The topological polar surface area (TPSA) is 43.4 Å². The highest BCUT2D eigenvalue weighted by atomic mass is 35.5. The van der Waals surface area contributed by atoms with Gasteiger partial charge in [-0.15, -0.1) is 0 Å². The maximum absolute atomic E-state index is 13.6. The number of benzene rings is 2. The Morgan fingerprint density at radius 3 is 2.62 bits per heavy atom. The van der Waals surface area contributed by atoms with Crippen molar-refractivity contribution in [3.63, 3.8) is 0 Å². The fourth-order valence-corrected chi connectivity index (χ4v) is 2.03. The maximum atomic E-state index is 13.6. The van der Waals surface area contributed by atoms with Gasteiger partial charge < -0.3 is 4.74 Å². The van der Waals surface area contributed by atoms with Crippen LogP contribution in [0.4, 0.5) is 4.39 Å². The van der Waals surface area contributed by atoms with Crippen LogP contribution in [0.3, 0.4) is 0 Å². The summed E-state index contributed by atoms with van der Waals surface area (Å²) in [5, 5.41) is 0.606. The Balaban J connectivity index is 2.11. The van der Waals surface area contributed by atoms with Gasteiger partial charge in [0.15, 0.2) is 18.2 Å². The van der Waals surface area contributed by atoms with E-state index in [-0.39, 0.29) is 21.9 Å². The zero-order chi connectivity index (χ0) is 15.4. The molecule has 0 aromatic heterocycles. The molecule has 0 fully saturated rings. The first kappa shape index (κ1) is 15.5. The van der Waals surface area contributed by atoms with Crippen LogP contribution in [-0.4, -0.2) is 18.7 Å². The van der Waals surface area contributed by atoms with E-state index in [1.807, 2.05) is 0 Å². The Morgan fingerprint density at radius 2 is 1.95 bits per heavy atom. The molecule has 2 aromatic carbocycles. The van der Waals surface area contributed by atoms with E-state index >= 15 is 0 Å². The minimum absolute atomic E-state index is 0.118. The van der Waals surface area contributed by atoms with Crippen LogP contribution in [0.15, 0.2) is 36.4 Å². The summed E-state index contributed by atoms with van der Waals surface area (Å²) in [6, 6.07) is 8.17. The molecular weight excluding hydrogens is 318 g/mol. The van der Waals surface area contributed by atoms with Gasteiger partial charge in [-0.1, -0.05) is 23.2 Å². The third kappa shape index (κ3) is 3.80. The van der Waals surface area contributed by atoms with E-state index in [0.717, 1.165) is 6.07 Å². The monoisotopic (exact) mass is 326 g/mol. The van der Waals surface area contributed by atoms with Crippen LogP contribution in [0.1, 0.15) is 20.7 Å². The number of carbonyl (C=O) groups excluding carboxylic acids is 2. The second-order valence-corrected chi connectivity index (χ2v) is 4.99. The minimum atomic E-state index is -0.718. The van der Waals surface area contributed by atoms with Crippen LogP contribution in [0.5, 0.6) is 5.75 Å². The number of carbonyl (C=O) groups is 2. The van der Waals surface area contributed by atoms with Crippen LogP contribution in [0.25, 0.3) is 0 Å². The molecule has 0 unspecified atom stereocenters. The van der Waals surface area contributed by atoms with E-state index in [0.29, 0.717) is 11.3 Å². The van der Waals surface area contributed by atoms with Crippen LogP contribution in [0, 0.1) is 5.82 Å². The summed E-state index contributed by atoms with van der Waals surface area (Å²) in [7, 11) is 0. The predicted molar refractivity (Wildman–Crippen MR) is 78.1 cm³/mol. The molecular formula is C15H9Cl2FO3. The summed E-state index contributed by atoms with van der Waals surface area (Å²) in [6.45, 7) is -0.391. The standard InChI is InChI=1S/C15H9Cl2FO3/c16-10-2-3-12(17)11(6-10)14(20)8-21-15-4-1-9(7-19)5-13(15)18/h1-7H,8H2. The molecule has 0 saturated carbocycles. The van der Waals surface area contributed by atoms with Crippen molar-refractivity contribution in [3.8, 4) is 5.75 Å². The molecule has 0 bridgehead atoms. The number of ether oxygens (including phenoxy) is 1. The molecule has 21 heavy (non-hydrogen) atoms. The van der Waals surface area contributed by atoms with E-state index in [9.17, 15) is 14.0 Å². The Bertz CT molecular complexity index is 701. The Labute approximate surface area is 130 Å². The number of rotatable bonds is 5. The van der Waals surface area contributed by atoms with Crippen molar-refractivity contribution in [2.24, 2.45) is 0 Å². The third-order valence-corrected chi connectivity index (χ3v) is 3.24. The summed E-state index contributed by atoms with van der Waals surface area (Å²) in [6.07, 6.45) is 0.518. The first-order chi connectivity index (χ1) is 10.0. The van der Waals surface area contributed by atoms with E-state index in [1.54, 1.807) is 6.07 Å². The van der Waals surface area contributed by atoms with E-state index in [1.165, 1.54) is 24.3 Å². The van der Waals surface area contributed by atoms with E-state index in [2.05, 4.69) is 0 Å². The molecule has 3 nitrogen and oxygen atoms in total. The van der Waals surface area contributed by atoms with Crippen molar-refractivity contribution in [2.45, 2.75) is 0 Å². The third-order valence-electron chi connectivity index (χ3n) is 2.68. The van der Waals surface area contributed by atoms with Gasteiger partial charge in [0.05, 0.1) is 5.02 Å². The number of Topliss-reactive ketones (excluding diaryl/α,β-unsaturated/α-hetero) is 1. The van der Waals surface area contributed by atoms with Crippen molar-refractivity contribution < 1.29 is 18.7 Å². The molecule has 0 aliphatic rings. The van der Waals surface area contributed by atoms with Crippen molar-refractivity contribution in [1.82, 2.24) is 0 Å². The van der Waals surface area contributed by atoms with Crippen LogP contribution >= 0.6 is 23.2 Å². The lowest BCUT2D eigenvalue weighted by atomic mass is 10.1. The highest BCUT2D eigenvalue weighted by molar-refractivity contribution is 6.35. The fraction of sp³-hybridized carbons (Fsp3) is 0.0667. The van der Waals surface area contributed by atoms with Crippen LogP contribution in [0.2, 0.25) is 10.0 Å². The molecule has 2 rings (SSSR count). The van der Waals surface area contributed by atoms with Gasteiger partial charge in [0, 0.05) is 16.1 Å². The molecule has 0 spiro atoms. The summed E-state index contributed by atoms with van der Waals surface area (Å²) < 4.78 is 18.7. The average Bonchev–Trinajstić information content (AvgIpc) is 2.48. The summed E-state index contributed by atoms with van der Waals surface area (Å²) in [5.41, 5.74) is 0.387. The molecule has 0 N–H and O–H groups in total. The van der Waals surface area contributed by atoms with Gasteiger partial charge in [-0.2, -0.15) is 0 Å². The van der Waals surface area contributed by atoms with Gasteiger partial charge in [-0.3, -0.25) is 9.59 Å². The quantitative estimate of drug-likeness (QED) is 0.610. The molecule has 2 aromatic rings. The first-order valence-corrected chi connectivity index (χ1v) is 6.62. The lowest BCUT2D eigenvalue weighted by Gasteiger charge is -2.08. The Hall–Kier alpha value is -1.91. The lowest BCUT2D eigenvalue weighted by molar-refractivity contribution is 0.0918. The normalized spacial score (nSPS) is 10.2. The van der Waals surface area contributed by atoms with Gasteiger partial charge in [0.2, 0.25) is 5.78 Å². The fourth-order valence-electron chi connectivity index (χ4n) is 1.64. The number of hydrogen-bond donors (Lipinski definition) is 0. The highest BCUT2D eigenvalue weighted by Gasteiger charge is 2.13.